The van der Waals surface area contributed by atoms with Crippen molar-refractivity contribution in [2.75, 3.05) is 13.1 Å². The molecule has 5 heteroatoms. The molecule has 1 amide bonds. The van der Waals surface area contributed by atoms with Crippen LogP contribution in [0.1, 0.15) is 27.0 Å². The van der Waals surface area contributed by atoms with E-state index in [1.165, 1.54) is 12.1 Å². The third-order valence-electron chi connectivity index (χ3n) is 3.85. The molecule has 1 aliphatic heterocycles. The Labute approximate surface area is 128 Å². The van der Waals surface area contributed by atoms with Crippen LogP contribution >= 0.6 is 0 Å². The summed E-state index contributed by atoms with van der Waals surface area (Å²) in [7, 11) is 0. The van der Waals surface area contributed by atoms with E-state index in [4.69, 9.17) is 0 Å². The van der Waals surface area contributed by atoms with E-state index in [-0.39, 0.29) is 11.7 Å². The van der Waals surface area contributed by atoms with Crippen LogP contribution < -0.4 is 10.6 Å². The summed E-state index contributed by atoms with van der Waals surface area (Å²) < 4.78 is 13.1. The van der Waals surface area contributed by atoms with Crippen LogP contribution in [0.15, 0.2) is 36.7 Å². The Bertz CT molecular complexity index is 687. The van der Waals surface area contributed by atoms with Gasteiger partial charge in [0.05, 0.1) is 5.56 Å². The quantitative estimate of drug-likeness (QED) is 0.906. The molecule has 0 bridgehead atoms. The highest BCUT2D eigenvalue weighted by Gasteiger charge is 2.17. The maximum Gasteiger partial charge on any atom is 0.253 e. The van der Waals surface area contributed by atoms with Gasteiger partial charge in [0.1, 0.15) is 5.82 Å². The van der Waals surface area contributed by atoms with E-state index < -0.39 is 0 Å². The summed E-state index contributed by atoms with van der Waals surface area (Å²) in [6.07, 6.45) is 4.88. The molecular weight excluding hydrogens is 281 g/mol. The summed E-state index contributed by atoms with van der Waals surface area (Å²) in [5, 5.41) is 6.17. The first-order valence-electron chi connectivity index (χ1n) is 7.43. The van der Waals surface area contributed by atoms with E-state index >= 15 is 0 Å². The van der Waals surface area contributed by atoms with Gasteiger partial charge < -0.3 is 10.6 Å². The normalized spacial score (nSPS) is 13.5. The molecule has 2 heterocycles. The van der Waals surface area contributed by atoms with Crippen molar-refractivity contribution in [3.8, 4) is 0 Å². The molecule has 4 nitrogen and oxygen atoms in total. The fourth-order valence-corrected chi connectivity index (χ4v) is 2.72. The molecule has 0 radical (unpaired) electrons. The monoisotopic (exact) mass is 299 g/mol. The van der Waals surface area contributed by atoms with E-state index in [1.54, 1.807) is 12.3 Å². The molecule has 22 heavy (non-hydrogen) atoms. The van der Waals surface area contributed by atoms with Gasteiger partial charge in [-0.25, -0.2) is 4.39 Å². The van der Waals surface area contributed by atoms with Crippen LogP contribution in [-0.2, 0) is 19.4 Å². The molecule has 114 valence electrons. The molecule has 0 unspecified atom stereocenters. The molecule has 1 aromatic carbocycles. The van der Waals surface area contributed by atoms with Crippen molar-refractivity contribution in [1.29, 1.82) is 0 Å². The number of nitrogens with one attached hydrogen (secondary N) is 2. The van der Waals surface area contributed by atoms with Gasteiger partial charge in [-0.05, 0) is 48.2 Å². The molecule has 0 aliphatic carbocycles. The van der Waals surface area contributed by atoms with Crippen LogP contribution in [0.4, 0.5) is 4.39 Å². The van der Waals surface area contributed by atoms with Crippen molar-refractivity contribution in [2.24, 2.45) is 0 Å². The molecule has 0 saturated heterocycles. The second-order valence-corrected chi connectivity index (χ2v) is 5.39. The number of nitrogens with zero attached hydrogens (tertiary/aromatic N) is 1. The van der Waals surface area contributed by atoms with Crippen LogP contribution in [0.5, 0.6) is 0 Å². The SMILES string of the molecule is O=C(NCCc1cccc(F)c1)c1cncc2c1CCNC2. The molecule has 2 aromatic rings. The zero-order valence-corrected chi connectivity index (χ0v) is 12.2. The summed E-state index contributed by atoms with van der Waals surface area (Å²) >= 11 is 0. The Morgan fingerprint density at radius 2 is 2.27 bits per heavy atom. The van der Waals surface area contributed by atoms with Crippen molar-refractivity contribution in [2.45, 2.75) is 19.4 Å². The van der Waals surface area contributed by atoms with Crippen LogP contribution in [-0.4, -0.2) is 24.0 Å². The van der Waals surface area contributed by atoms with Crippen molar-refractivity contribution < 1.29 is 9.18 Å². The second-order valence-electron chi connectivity index (χ2n) is 5.39. The van der Waals surface area contributed by atoms with Crippen LogP contribution in [0.2, 0.25) is 0 Å². The number of carbonyl (C=O) groups excluding carboxylic acids is 1. The Balaban J connectivity index is 1.63. The maximum atomic E-state index is 13.1. The van der Waals surface area contributed by atoms with Crippen molar-refractivity contribution in [3.63, 3.8) is 0 Å². The molecule has 2 N–H and O–H groups in total. The first-order valence-corrected chi connectivity index (χ1v) is 7.43. The highest BCUT2D eigenvalue weighted by molar-refractivity contribution is 5.95. The number of fused-ring (bicyclic) bond motifs is 1. The third kappa shape index (κ3) is 3.31. The molecule has 1 aromatic heterocycles. The van der Waals surface area contributed by atoms with Gasteiger partial charge in [0.25, 0.3) is 5.91 Å². The van der Waals surface area contributed by atoms with Gasteiger partial charge in [-0.15, -0.1) is 0 Å². The average molecular weight is 299 g/mol. The zero-order chi connectivity index (χ0) is 15.4. The largest absolute Gasteiger partial charge is 0.352 e. The van der Waals surface area contributed by atoms with Crippen LogP contribution in [0, 0.1) is 5.82 Å². The Morgan fingerprint density at radius 1 is 1.36 bits per heavy atom. The number of hydrogen-bond donors (Lipinski definition) is 2. The van der Waals surface area contributed by atoms with Crippen molar-refractivity contribution >= 4 is 5.91 Å². The third-order valence-corrected chi connectivity index (χ3v) is 3.85. The van der Waals surface area contributed by atoms with Crippen LogP contribution in [0.25, 0.3) is 0 Å². The minimum Gasteiger partial charge on any atom is -0.352 e. The average Bonchev–Trinajstić information content (AvgIpc) is 2.54. The Kier molecular flexibility index (Phi) is 4.44. The minimum atomic E-state index is -0.252. The number of halogens is 1. The molecular formula is C17H18FN3O. The molecule has 0 spiro atoms. The standard InChI is InChI=1S/C17H18FN3O/c18-14-3-1-2-12(8-14)4-7-21-17(22)16-11-20-10-13-9-19-6-5-15(13)16/h1-3,8,10-11,19H,4-7,9H2,(H,21,22). The number of carbonyl (C=O) groups is 1. The molecule has 0 atom stereocenters. The summed E-state index contributed by atoms with van der Waals surface area (Å²) in [4.78, 5) is 16.5. The van der Waals surface area contributed by atoms with E-state index in [0.29, 0.717) is 18.5 Å². The van der Waals surface area contributed by atoms with Gasteiger partial charge in [0, 0.05) is 25.5 Å². The molecule has 0 saturated carbocycles. The maximum absolute atomic E-state index is 13.1. The highest BCUT2D eigenvalue weighted by atomic mass is 19.1. The second kappa shape index (κ2) is 6.66. The summed E-state index contributed by atoms with van der Waals surface area (Å²) in [5.41, 5.74) is 3.69. The highest BCUT2D eigenvalue weighted by Crippen LogP contribution is 2.17. The lowest BCUT2D eigenvalue weighted by Crippen LogP contribution is -2.30. The number of amides is 1. The predicted molar refractivity (Wildman–Crippen MR) is 82.1 cm³/mol. The lowest BCUT2D eigenvalue weighted by molar-refractivity contribution is 0.0952. The van der Waals surface area contributed by atoms with Crippen LogP contribution in [0.3, 0.4) is 0 Å². The van der Waals surface area contributed by atoms with E-state index in [9.17, 15) is 9.18 Å². The fourth-order valence-electron chi connectivity index (χ4n) is 2.72. The number of aromatic nitrogens is 1. The summed E-state index contributed by atoms with van der Waals surface area (Å²) in [6, 6.07) is 6.44. The molecule has 3 rings (SSSR count). The van der Waals surface area contributed by atoms with Gasteiger partial charge in [0.15, 0.2) is 0 Å². The van der Waals surface area contributed by atoms with Gasteiger partial charge >= 0.3 is 0 Å². The van der Waals surface area contributed by atoms with E-state index in [1.807, 2.05) is 12.3 Å². The number of rotatable bonds is 4. The fraction of sp³-hybridized carbons (Fsp3) is 0.294. The Morgan fingerprint density at radius 3 is 3.14 bits per heavy atom. The van der Waals surface area contributed by atoms with Gasteiger partial charge in [0.2, 0.25) is 0 Å². The predicted octanol–water partition coefficient (Wildman–Crippen LogP) is 1.84. The first-order chi connectivity index (χ1) is 10.7. The topological polar surface area (TPSA) is 54.0 Å². The summed E-state index contributed by atoms with van der Waals surface area (Å²) in [5.74, 6) is -0.361. The van der Waals surface area contributed by atoms with Gasteiger partial charge in [-0.1, -0.05) is 12.1 Å². The van der Waals surface area contributed by atoms with E-state index in [2.05, 4.69) is 15.6 Å². The first kappa shape index (κ1) is 14.7. The summed E-state index contributed by atoms with van der Waals surface area (Å²) in [6.45, 7) is 2.11. The van der Waals surface area contributed by atoms with Crippen molar-refractivity contribution in [1.82, 2.24) is 15.6 Å². The lowest BCUT2D eigenvalue weighted by Gasteiger charge is -2.19. The number of benzene rings is 1. The van der Waals surface area contributed by atoms with Gasteiger partial charge in [-0.3, -0.25) is 9.78 Å². The van der Waals surface area contributed by atoms with Gasteiger partial charge in [-0.2, -0.15) is 0 Å². The van der Waals surface area contributed by atoms with Crippen molar-refractivity contribution in [3.05, 3.63) is 64.7 Å². The van der Waals surface area contributed by atoms with E-state index in [0.717, 1.165) is 36.2 Å². The Hall–Kier alpha value is -2.27. The number of pyridine rings is 1. The molecule has 0 fully saturated rings. The smallest absolute Gasteiger partial charge is 0.253 e. The number of hydrogen-bond acceptors (Lipinski definition) is 3. The molecule has 1 aliphatic rings. The zero-order valence-electron chi connectivity index (χ0n) is 12.2. The minimum absolute atomic E-state index is 0.109. The lowest BCUT2D eigenvalue weighted by atomic mass is 9.98.